The van der Waals surface area contributed by atoms with Gasteiger partial charge in [-0.2, -0.15) is 0 Å². The summed E-state index contributed by atoms with van der Waals surface area (Å²) in [4.78, 5) is 4.50. The van der Waals surface area contributed by atoms with Gasteiger partial charge in [-0.3, -0.25) is 4.39 Å². The van der Waals surface area contributed by atoms with E-state index in [1.54, 1.807) is 0 Å². The van der Waals surface area contributed by atoms with E-state index >= 15 is 0 Å². The molecule has 0 aliphatic rings. The second-order valence-corrected chi connectivity index (χ2v) is 5.02. The van der Waals surface area contributed by atoms with Crippen molar-refractivity contribution in [2.75, 3.05) is 6.67 Å². The summed E-state index contributed by atoms with van der Waals surface area (Å²) in [6, 6.07) is 9.98. The first-order chi connectivity index (χ1) is 10.1. The first kappa shape index (κ1) is 15.4. The van der Waals surface area contributed by atoms with Crippen LogP contribution in [-0.4, -0.2) is 16.2 Å². The monoisotopic (exact) mass is 288 g/mol. The van der Waals surface area contributed by atoms with Crippen LogP contribution in [0.4, 0.5) is 4.39 Å². The van der Waals surface area contributed by atoms with Gasteiger partial charge in [0.15, 0.2) is 0 Å². The third kappa shape index (κ3) is 3.79. The fourth-order valence-electron chi connectivity index (χ4n) is 2.25. The Morgan fingerprint density at radius 3 is 2.62 bits per heavy atom. The number of rotatable bonds is 7. The molecule has 4 heteroatoms. The van der Waals surface area contributed by atoms with E-state index in [1.807, 2.05) is 48.7 Å². The highest BCUT2D eigenvalue weighted by Gasteiger charge is 2.13. The molecular formula is C17H21FN2O. The fraction of sp³-hybridized carbons (Fsp3) is 0.353. The van der Waals surface area contributed by atoms with Crippen molar-refractivity contribution < 1.29 is 9.13 Å². The topological polar surface area (TPSA) is 27.1 Å². The Kier molecular flexibility index (Phi) is 5.28. The maximum atomic E-state index is 12.5. The molecule has 0 N–H and O–H groups in total. The van der Waals surface area contributed by atoms with Gasteiger partial charge in [0.05, 0.1) is 19.0 Å². The van der Waals surface area contributed by atoms with Crippen molar-refractivity contribution in [2.45, 2.75) is 33.5 Å². The first-order valence-electron chi connectivity index (χ1n) is 7.04. The molecule has 1 aromatic carbocycles. The smallest absolute Gasteiger partial charge is 0.139 e. The molecule has 0 saturated carbocycles. The SMILES string of the molecule is C=C(CCF)n1c(COCc2ccccc2)nc(C)c1C. The van der Waals surface area contributed by atoms with Crippen molar-refractivity contribution in [3.63, 3.8) is 0 Å². The molecule has 0 aliphatic carbocycles. The van der Waals surface area contributed by atoms with E-state index in [9.17, 15) is 4.39 Å². The largest absolute Gasteiger partial charge is 0.369 e. The Hall–Kier alpha value is -1.94. The molecule has 1 aromatic heterocycles. The second-order valence-electron chi connectivity index (χ2n) is 5.02. The Morgan fingerprint density at radius 2 is 1.95 bits per heavy atom. The maximum Gasteiger partial charge on any atom is 0.139 e. The van der Waals surface area contributed by atoms with Gasteiger partial charge in [0.2, 0.25) is 0 Å². The fourth-order valence-corrected chi connectivity index (χ4v) is 2.25. The van der Waals surface area contributed by atoms with E-state index in [0.29, 0.717) is 25.3 Å². The molecule has 21 heavy (non-hydrogen) atoms. The number of aromatic nitrogens is 2. The lowest BCUT2D eigenvalue weighted by Gasteiger charge is -2.12. The van der Waals surface area contributed by atoms with Gasteiger partial charge in [-0.05, 0) is 19.4 Å². The lowest BCUT2D eigenvalue weighted by molar-refractivity contribution is 0.101. The van der Waals surface area contributed by atoms with Crippen molar-refractivity contribution in [3.8, 4) is 0 Å². The van der Waals surface area contributed by atoms with Crippen LogP contribution in [0.25, 0.3) is 5.70 Å². The molecule has 2 aromatic rings. The zero-order valence-electron chi connectivity index (χ0n) is 12.6. The predicted molar refractivity (Wildman–Crippen MR) is 82.6 cm³/mol. The van der Waals surface area contributed by atoms with Crippen LogP contribution in [-0.2, 0) is 18.0 Å². The molecule has 2 rings (SSSR count). The van der Waals surface area contributed by atoms with E-state index in [1.165, 1.54) is 0 Å². The molecule has 1 heterocycles. The number of nitrogens with zero attached hydrogens (tertiary/aromatic N) is 2. The summed E-state index contributed by atoms with van der Waals surface area (Å²) in [5.41, 5.74) is 3.75. The highest BCUT2D eigenvalue weighted by atomic mass is 19.1. The molecule has 0 bridgehead atoms. The number of imidazole rings is 1. The summed E-state index contributed by atoms with van der Waals surface area (Å²) in [7, 11) is 0. The van der Waals surface area contributed by atoms with Gasteiger partial charge in [0, 0.05) is 17.8 Å². The molecular weight excluding hydrogens is 267 g/mol. The second kappa shape index (κ2) is 7.18. The van der Waals surface area contributed by atoms with Crippen LogP contribution >= 0.6 is 0 Å². The van der Waals surface area contributed by atoms with Gasteiger partial charge < -0.3 is 9.30 Å². The summed E-state index contributed by atoms with van der Waals surface area (Å²) in [6.07, 6.45) is 0.308. The van der Waals surface area contributed by atoms with Crippen molar-refractivity contribution >= 4 is 5.70 Å². The van der Waals surface area contributed by atoms with Gasteiger partial charge >= 0.3 is 0 Å². The minimum atomic E-state index is -0.417. The van der Waals surface area contributed by atoms with Gasteiger partial charge in [-0.15, -0.1) is 0 Å². The molecule has 0 radical (unpaired) electrons. The molecule has 0 spiro atoms. The number of allylic oxidation sites excluding steroid dienone is 1. The molecule has 0 amide bonds. The highest BCUT2D eigenvalue weighted by Crippen LogP contribution is 2.19. The van der Waals surface area contributed by atoms with Crippen molar-refractivity contribution in [2.24, 2.45) is 0 Å². The van der Waals surface area contributed by atoms with Crippen molar-refractivity contribution in [1.82, 2.24) is 9.55 Å². The van der Waals surface area contributed by atoms with E-state index in [0.717, 1.165) is 22.8 Å². The summed E-state index contributed by atoms with van der Waals surface area (Å²) in [6.45, 7) is 8.34. The molecule has 3 nitrogen and oxygen atoms in total. The van der Waals surface area contributed by atoms with Gasteiger partial charge in [-0.25, -0.2) is 4.98 Å². The van der Waals surface area contributed by atoms with E-state index in [-0.39, 0.29) is 0 Å². The number of benzene rings is 1. The Morgan fingerprint density at radius 1 is 1.24 bits per heavy atom. The van der Waals surface area contributed by atoms with Crippen LogP contribution in [0.1, 0.15) is 29.2 Å². The Bertz CT molecular complexity index is 605. The lowest BCUT2D eigenvalue weighted by Crippen LogP contribution is -2.07. The van der Waals surface area contributed by atoms with Crippen molar-refractivity contribution in [1.29, 1.82) is 0 Å². The maximum absolute atomic E-state index is 12.5. The summed E-state index contributed by atoms with van der Waals surface area (Å²) in [5, 5.41) is 0. The highest BCUT2D eigenvalue weighted by molar-refractivity contribution is 5.45. The zero-order chi connectivity index (χ0) is 15.2. The van der Waals surface area contributed by atoms with Gasteiger partial charge in [0.1, 0.15) is 12.4 Å². The van der Waals surface area contributed by atoms with Crippen LogP contribution in [0.3, 0.4) is 0 Å². The van der Waals surface area contributed by atoms with Crippen LogP contribution < -0.4 is 0 Å². The van der Waals surface area contributed by atoms with Crippen LogP contribution in [0, 0.1) is 13.8 Å². The number of halogens is 1. The quantitative estimate of drug-likeness (QED) is 0.768. The predicted octanol–water partition coefficient (Wildman–Crippen LogP) is 4.05. The Balaban J connectivity index is 2.06. The first-order valence-corrected chi connectivity index (χ1v) is 7.04. The van der Waals surface area contributed by atoms with Crippen LogP contribution in [0.5, 0.6) is 0 Å². The zero-order valence-corrected chi connectivity index (χ0v) is 12.6. The third-order valence-corrected chi connectivity index (χ3v) is 3.46. The number of alkyl halides is 1. The summed E-state index contributed by atoms with van der Waals surface area (Å²) in [5.74, 6) is 0.777. The number of aryl methyl sites for hydroxylation is 1. The molecule has 112 valence electrons. The van der Waals surface area contributed by atoms with Crippen LogP contribution in [0.15, 0.2) is 36.9 Å². The molecule has 0 fully saturated rings. The molecule has 0 aliphatic heterocycles. The average molecular weight is 288 g/mol. The van der Waals surface area contributed by atoms with Crippen molar-refractivity contribution in [3.05, 3.63) is 59.7 Å². The van der Waals surface area contributed by atoms with E-state index < -0.39 is 6.67 Å². The number of hydrogen-bond acceptors (Lipinski definition) is 2. The molecule has 0 unspecified atom stereocenters. The summed E-state index contributed by atoms with van der Waals surface area (Å²) >= 11 is 0. The Labute approximate surface area is 125 Å². The van der Waals surface area contributed by atoms with E-state index in [4.69, 9.17) is 4.74 Å². The minimum absolute atomic E-state index is 0.308. The van der Waals surface area contributed by atoms with Crippen LogP contribution in [0.2, 0.25) is 0 Å². The lowest BCUT2D eigenvalue weighted by atomic mass is 10.2. The van der Waals surface area contributed by atoms with E-state index in [2.05, 4.69) is 11.6 Å². The summed E-state index contributed by atoms with van der Waals surface area (Å²) < 4.78 is 20.2. The minimum Gasteiger partial charge on any atom is -0.369 e. The number of hydrogen-bond donors (Lipinski definition) is 0. The molecule has 0 atom stereocenters. The average Bonchev–Trinajstić information content (AvgIpc) is 2.75. The number of ether oxygens (including phenoxy) is 1. The third-order valence-electron chi connectivity index (χ3n) is 3.46. The standard InChI is InChI=1S/C17H21FN2O/c1-13(9-10-18)20-15(3)14(2)19-17(20)12-21-11-16-7-5-4-6-8-16/h4-8H,1,9-12H2,2-3H3. The van der Waals surface area contributed by atoms with Gasteiger partial charge in [0.25, 0.3) is 0 Å². The normalized spacial score (nSPS) is 10.8. The molecule has 0 saturated heterocycles. The van der Waals surface area contributed by atoms with Gasteiger partial charge in [-0.1, -0.05) is 36.9 Å².